The van der Waals surface area contributed by atoms with E-state index < -0.39 is 0 Å². The van der Waals surface area contributed by atoms with Gasteiger partial charge in [0.1, 0.15) is 0 Å². The Morgan fingerprint density at radius 1 is 1.07 bits per heavy atom. The van der Waals surface area contributed by atoms with Crippen molar-refractivity contribution in [2.75, 3.05) is 0 Å². The first kappa shape index (κ1) is 24.0. The second-order valence-electron chi connectivity index (χ2n) is 2.86. The molecule has 94 valence electrons. The van der Waals surface area contributed by atoms with Crippen molar-refractivity contribution in [2.45, 2.75) is 68.2 Å². The van der Waals surface area contributed by atoms with Gasteiger partial charge in [0.15, 0.2) is 0 Å². The Hall–Kier alpha value is -0.520. The van der Waals surface area contributed by atoms with Gasteiger partial charge in [-0.1, -0.05) is 73.6 Å². The summed E-state index contributed by atoms with van der Waals surface area (Å²) < 4.78 is 0. The zero-order valence-electron chi connectivity index (χ0n) is 12.5. The molecule has 0 heterocycles. The molecule has 0 radical (unpaired) electrons. The summed E-state index contributed by atoms with van der Waals surface area (Å²) in [5.41, 5.74) is 1.35. The second kappa shape index (κ2) is 29.2. The van der Waals surface area contributed by atoms with E-state index in [0.717, 1.165) is 12.8 Å². The summed E-state index contributed by atoms with van der Waals surface area (Å²) in [5.74, 6) is 0.671. The highest BCUT2D eigenvalue weighted by molar-refractivity contribution is 4.95. The van der Waals surface area contributed by atoms with Crippen molar-refractivity contribution in [3.63, 3.8) is 0 Å². The number of hydrogen-bond acceptors (Lipinski definition) is 0. The average molecular weight is 214 g/mol. The molecule has 0 bridgehead atoms. The smallest absolute Gasteiger partial charge is 0.0263 e. The van der Waals surface area contributed by atoms with Gasteiger partial charge in [-0.2, -0.15) is 0 Å². The third-order valence-electron chi connectivity index (χ3n) is 1.56. The van der Waals surface area contributed by atoms with Crippen LogP contribution >= 0.6 is 0 Å². The van der Waals surface area contributed by atoms with Crippen LogP contribution < -0.4 is 0 Å². The summed E-state index contributed by atoms with van der Waals surface area (Å²) in [4.78, 5) is 0. The summed E-state index contributed by atoms with van der Waals surface area (Å²) in [7, 11) is 0. The molecule has 0 aliphatic rings. The van der Waals surface area contributed by atoms with Crippen molar-refractivity contribution in [3.8, 4) is 0 Å². The van der Waals surface area contributed by atoms with Crippen molar-refractivity contribution >= 4 is 0 Å². The molecule has 0 heteroatoms. The Balaban J connectivity index is -0.0000000647. The molecule has 0 spiro atoms. The van der Waals surface area contributed by atoms with E-state index in [9.17, 15) is 0 Å². The third-order valence-corrected chi connectivity index (χ3v) is 1.56. The normalized spacial score (nSPS) is 7.00. The fourth-order valence-corrected chi connectivity index (χ4v) is 0.408. The Kier molecular flexibility index (Phi) is 46.6. The van der Waals surface area contributed by atoms with Crippen LogP contribution in [0.25, 0.3) is 0 Å². The zero-order valence-corrected chi connectivity index (χ0v) is 12.5. The molecule has 0 unspecified atom stereocenters. The van der Waals surface area contributed by atoms with E-state index in [1.807, 2.05) is 33.8 Å². The van der Waals surface area contributed by atoms with Crippen LogP contribution in [0.5, 0.6) is 0 Å². The van der Waals surface area contributed by atoms with Crippen LogP contribution in [0.3, 0.4) is 0 Å². The molecule has 0 aliphatic heterocycles. The van der Waals surface area contributed by atoms with Gasteiger partial charge in [-0.05, 0) is 18.8 Å². The van der Waals surface area contributed by atoms with Gasteiger partial charge < -0.3 is 0 Å². The molecule has 0 atom stereocenters. The molecule has 0 aliphatic carbocycles. The molecule has 0 N–H and O–H groups in total. The molecule has 0 fully saturated rings. The molecule has 0 aromatic rings. The fourth-order valence-electron chi connectivity index (χ4n) is 0.408. The average Bonchev–Trinajstić information content (AvgIpc) is 2.33. The Morgan fingerprint density at radius 2 is 1.33 bits per heavy atom. The van der Waals surface area contributed by atoms with Crippen molar-refractivity contribution in [1.29, 1.82) is 0 Å². The minimum Gasteiger partial charge on any atom is -0.103 e. The van der Waals surface area contributed by atoms with Crippen molar-refractivity contribution < 1.29 is 0 Å². The first-order chi connectivity index (χ1) is 7.09. The summed E-state index contributed by atoms with van der Waals surface area (Å²) >= 11 is 0. The number of allylic oxidation sites excluding steroid dienone is 2. The summed E-state index contributed by atoms with van der Waals surface area (Å²) in [6, 6.07) is 0. The van der Waals surface area contributed by atoms with Gasteiger partial charge >= 0.3 is 0 Å². The van der Waals surface area contributed by atoms with Gasteiger partial charge in [0.05, 0.1) is 0 Å². The molecule has 0 rings (SSSR count). The van der Waals surface area contributed by atoms with Crippen molar-refractivity contribution in [1.82, 2.24) is 0 Å². The highest BCUT2D eigenvalue weighted by Gasteiger charge is 1.93. The molecule has 0 saturated heterocycles. The van der Waals surface area contributed by atoms with Crippen LogP contribution in [-0.4, -0.2) is 0 Å². The van der Waals surface area contributed by atoms with Crippen molar-refractivity contribution in [2.24, 2.45) is 5.92 Å². The van der Waals surface area contributed by atoms with Gasteiger partial charge in [-0.3, -0.25) is 0 Å². The molecule has 0 saturated carbocycles. The van der Waals surface area contributed by atoms with Gasteiger partial charge in [0.25, 0.3) is 0 Å². The second-order valence-corrected chi connectivity index (χ2v) is 2.86. The van der Waals surface area contributed by atoms with E-state index in [1.54, 1.807) is 0 Å². The Labute approximate surface area is 99.5 Å². The van der Waals surface area contributed by atoms with Crippen LogP contribution in [0, 0.1) is 5.92 Å². The zero-order chi connectivity index (χ0) is 13.3. The Bertz CT molecular complexity index is 98.6. The summed E-state index contributed by atoms with van der Waals surface area (Å²) in [6.45, 7) is 23.9. The van der Waals surface area contributed by atoms with E-state index in [-0.39, 0.29) is 0 Å². The third kappa shape index (κ3) is 42.3. The van der Waals surface area contributed by atoms with E-state index in [1.165, 1.54) is 5.57 Å². The molecule has 15 heavy (non-hydrogen) atoms. The first-order valence-electron chi connectivity index (χ1n) is 6.38. The van der Waals surface area contributed by atoms with Crippen LogP contribution in [-0.2, 0) is 0 Å². The van der Waals surface area contributed by atoms with Gasteiger partial charge in [0.2, 0.25) is 0 Å². The monoisotopic (exact) mass is 214 g/mol. The maximum atomic E-state index is 3.87. The maximum Gasteiger partial charge on any atom is -0.0263 e. The first-order valence-corrected chi connectivity index (χ1v) is 6.38. The summed E-state index contributed by atoms with van der Waals surface area (Å²) in [6.07, 6.45) is 4.08. The van der Waals surface area contributed by atoms with Gasteiger partial charge in [-0.15, -0.1) is 6.58 Å². The Morgan fingerprint density at radius 3 is 1.33 bits per heavy atom. The molecule has 0 aromatic carbocycles. The van der Waals surface area contributed by atoms with Crippen LogP contribution in [0.1, 0.15) is 68.2 Å². The number of rotatable bonds is 3. The fraction of sp³-hybridized carbons (Fsp3) is 0.733. The molecule has 0 amide bonds. The molecular formula is C15H34. The highest BCUT2D eigenvalue weighted by Crippen LogP contribution is 2.08. The van der Waals surface area contributed by atoms with Crippen LogP contribution in [0.4, 0.5) is 0 Å². The van der Waals surface area contributed by atoms with Gasteiger partial charge in [-0.25, -0.2) is 0 Å². The standard InChI is InChI=1S/C7H14.C4H8.2C2H6/c1-5-7(4)6(2)3;1-3-4-2;2*1-2/h6H,4-5H2,1-3H3;3H,1,4H2,2H3;2*1-2H3. The predicted molar refractivity (Wildman–Crippen MR) is 77.5 cm³/mol. The van der Waals surface area contributed by atoms with E-state index >= 15 is 0 Å². The van der Waals surface area contributed by atoms with E-state index in [2.05, 4.69) is 40.9 Å². The van der Waals surface area contributed by atoms with E-state index in [0.29, 0.717) is 5.92 Å². The van der Waals surface area contributed by atoms with Crippen molar-refractivity contribution in [3.05, 3.63) is 24.8 Å². The number of hydrogen-bond donors (Lipinski definition) is 0. The topological polar surface area (TPSA) is 0 Å². The van der Waals surface area contributed by atoms with Crippen LogP contribution in [0.2, 0.25) is 0 Å². The minimum absolute atomic E-state index is 0.671. The summed E-state index contributed by atoms with van der Waals surface area (Å²) in [5, 5.41) is 0. The largest absolute Gasteiger partial charge is 0.103 e. The SMILES string of the molecule is C=C(CC)C(C)C.C=CCC.CC.CC. The predicted octanol–water partition coefficient (Wildman–Crippen LogP) is 6.24. The lowest BCUT2D eigenvalue weighted by atomic mass is 10.0. The lowest BCUT2D eigenvalue weighted by Crippen LogP contribution is -1.87. The van der Waals surface area contributed by atoms with Crippen LogP contribution in [0.15, 0.2) is 24.8 Å². The highest BCUT2D eigenvalue weighted by atomic mass is 14.0. The van der Waals surface area contributed by atoms with Gasteiger partial charge in [0, 0.05) is 0 Å². The lowest BCUT2D eigenvalue weighted by Gasteiger charge is -2.03. The molecular weight excluding hydrogens is 180 g/mol. The minimum atomic E-state index is 0.671. The lowest BCUT2D eigenvalue weighted by molar-refractivity contribution is 0.736. The van der Waals surface area contributed by atoms with E-state index in [4.69, 9.17) is 0 Å². The maximum absolute atomic E-state index is 3.87. The quantitative estimate of drug-likeness (QED) is 0.488. The molecule has 0 nitrogen and oxygen atoms in total. The molecule has 0 aromatic heterocycles.